The van der Waals surface area contributed by atoms with Gasteiger partial charge in [0, 0.05) is 7.05 Å². The molecule has 0 aliphatic carbocycles. The van der Waals surface area contributed by atoms with E-state index in [9.17, 15) is 0 Å². The third kappa shape index (κ3) is 15.2. The Morgan fingerprint density at radius 1 is 0.522 bits per heavy atom. The zero-order chi connectivity index (χ0) is 17.2. The molecule has 0 aliphatic heterocycles. The first-order valence-electron chi connectivity index (χ1n) is 10.7. The number of nitrogens with zero attached hydrogens (tertiary/aromatic N) is 1. The first-order valence-corrected chi connectivity index (χ1v) is 10.7. The Labute approximate surface area is 148 Å². The highest BCUT2D eigenvalue weighted by Gasteiger charge is 2.17. The molecule has 0 aliphatic rings. The van der Waals surface area contributed by atoms with E-state index in [1.807, 2.05) is 0 Å². The lowest BCUT2D eigenvalue weighted by Crippen LogP contribution is -2.54. The Morgan fingerprint density at radius 2 is 0.913 bits per heavy atom. The summed E-state index contributed by atoms with van der Waals surface area (Å²) in [7, 11) is 4.42. The van der Waals surface area contributed by atoms with Crippen molar-refractivity contribution < 1.29 is 4.59 Å². The maximum atomic E-state index is 3.46. The van der Waals surface area contributed by atoms with E-state index in [-0.39, 0.29) is 0 Å². The number of nitrogens with one attached hydrogen (secondary N) is 1. The van der Waals surface area contributed by atoms with Gasteiger partial charge in [0.2, 0.25) is 0 Å². The summed E-state index contributed by atoms with van der Waals surface area (Å²) in [6.07, 6.45) is 21.5. The molecule has 0 aromatic heterocycles. The summed E-state index contributed by atoms with van der Waals surface area (Å²) in [6, 6.07) is 0. The second-order valence-corrected chi connectivity index (χ2v) is 7.66. The van der Waals surface area contributed by atoms with E-state index in [4.69, 9.17) is 0 Å². The minimum atomic E-state index is 1.04. The van der Waals surface area contributed by atoms with Crippen LogP contribution in [0.15, 0.2) is 0 Å². The summed E-state index contributed by atoms with van der Waals surface area (Å²) >= 11 is 0. The van der Waals surface area contributed by atoms with Crippen molar-refractivity contribution in [3.8, 4) is 0 Å². The molecule has 2 heteroatoms. The van der Waals surface area contributed by atoms with Gasteiger partial charge in [0.1, 0.15) is 0 Å². The summed E-state index contributed by atoms with van der Waals surface area (Å²) in [6.45, 7) is 7.10. The van der Waals surface area contributed by atoms with E-state index in [2.05, 4.69) is 33.4 Å². The van der Waals surface area contributed by atoms with E-state index >= 15 is 0 Å². The molecule has 0 rings (SSSR count). The highest BCUT2D eigenvalue weighted by atomic mass is 15.6. The van der Waals surface area contributed by atoms with Gasteiger partial charge in [0.05, 0.1) is 20.1 Å². The average molecular weight is 328 g/mol. The van der Waals surface area contributed by atoms with E-state index in [1.54, 1.807) is 0 Å². The molecule has 140 valence electrons. The van der Waals surface area contributed by atoms with Crippen molar-refractivity contribution >= 4 is 0 Å². The number of quaternary nitrogens is 1. The molecule has 23 heavy (non-hydrogen) atoms. The van der Waals surface area contributed by atoms with Gasteiger partial charge in [0.25, 0.3) is 0 Å². The van der Waals surface area contributed by atoms with Gasteiger partial charge in [-0.1, -0.05) is 90.9 Å². The quantitative estimate of drug-likeness (QED) is 0.173. The zero-order valence-corrected chi connectivity index (χ0v) is 17.0. The van der Waals surface area contributed by atoms with Crippen LogP contribution in [0.3, 0.4) is 0 Å². The van der Waals surface area contributed by atoms with Crippen LogP contribution in [0.1, 0.15) is 110 Å². The number of rotatable bonds is 18. The standard InChI is InChI=1S/C21H47N2/c1-5-7-8-9-10-11-12-13-14-15-16-17-18-19-21-23(4,22-3)20-6-2/h22H,5-21H2,1-4H3/q+1. The van der Waals surface area contributed by atoms with Crippen molar-refractivity contribution in [2.45, 2.75) is 110 Å². The molecular formula is C21H47N2+. The Bertz CT molecular complexity index is 230. The molecule has 0 radical (unpaired) electrons. The first-order chi connectivity index (χ1) is 11.2. The Balaban J connectivity index is 3.21. The van der Waals surface area contributed by atoms with Gasteiger partial charge in [-0.15, -0.1) is 0 Å². The second kappa shape index (κ2) is 16.8. The molecule has 0 aromatic carbocycles. The van der Waals surface area contributed by atoms with Crippen LogP contribution in [-0.2, 0) is 0 Å². The SMILES string of the molecule is CCCCCCCCCCCCCCCC[N+](C)(CCC)NC. The van der Waals surface area contributed by atoms with Crippen LogP contribution in [0.2, 0.25) is 0 Å². The molecule has 0 saturated carbocycles. The largest absolute Gasteiger partial charge is 0.248 e. The number of unbranched alkanes of at least 4 members (excludes halogenated alkanes) is 13. The van der Waals surface area contributed by atoms with Crippen LogP contribution < -0.4 is 5.43 Å². The normalized spacial score (nSPS) is 14.1. The summed E-state index contributed by atoms with van der Waals surface area (Å²) < 4.78 is 1.04. The molecule has 1 unspecified atom stereocenters. The van der Waals surface area contributed by atoms with Gasteiger partial charge in [-0.2, -0.15) is 5.43 Å². The Hall–Kier alpha value is -0.0800. The molecule has 0 fully saturated rings. The Kier molecular flexibility index (Phi) is 16.7. The lowest BCUT2D eigenvalue weighted by atomic mass is 10.0. The third-order valence-corrected chi connectivity index (χ3v) is 5.26. The lowest BCUT2D eigenvalue weighted by molar-refractivity contribution is -0.950. The molecule has 1 N–H and O–H groups in total. The van der Waals surface area contributed by atoms with Crippen LogP contribution in [-0.4, -0.2) is 31.8 Å². The number of hydrogen-bond donors (Lipinski definition) is 1. The summed E-state index contributed by atoms with van der Waals surface area (Å²) in [5.74, 6) is 0. The predicted octanol–water partition coefficient (Wildman–Crippen LogP) is 6.46. The van der Waals surface area contributed by atoms with Gasteiger partial charge < -0.3 is 0 Å². The maximum absolute atomic E-state index is 3.46. The monoisotopic (exact) mass is 327 g/mol. The fourth-order valence-electron chi connectivity index (χ4n) is 3.48. The molecule has 1 atom stereocenters. The summed E-state index contributed by atoms with van der Waals surface area (Å²) in [4.78, 5) is 0. The first kappa shape index (κ1) is 22.9. The molecular weight excluding hydrogens is 280 g/mol. The third-order valence-electron chi connectivity index (χ3n) is 5.26. The minimum Gasteiger partial charge on any atom is -0.248 e. The minimum absolute atomic E-state index is 1.04. The van der Waals surface area contributed by atoms with Crippen LogP contribution >= 0.6 is 0 Å². The lowest BCUT2D eigenvalue weighted by Gasteiger charge is -2.32. The highest BCUT2D eigenvalue weighted by molar-refractivity contribution is 4.49. The Morgan fingerprint density at radius 3 is 1.26 bits per heavy atom. The maximum Gasteiger partial charge on any atom is 0.0959 e. The number of hydrogen-bond acceptors (Lipinski definition) is 1. The molecule has 0 aromatic rings. The fourth-order valence-corrected chi connectivity index (χ4v) is 3.48. The molecule has 0 spiro atoms. The molecule has 2 nitrogen and oxygen atoms in total. The van der Waals surface area contributed by atoms with Crippen molar-refractivity contribution in [2.24, 2.45) is 0 Å². The second-order valence-electron chi connectivity index (χ2n) is 7.66. The molecule has 0 bridgehead atoms. The smallest absolute Gasteiger partial charge is 0.0959 e. The summed E-state index contributed by atoms with van der Waals surface area (Å²) in [5.41, 5.74) is 3.46. The van der Waals surface area contributed by atoms with E-state index in [0.29, 0.717) is 0 Å². The van der Waals surface area contributed by atoms with Gasteiger partial charge in [-0.25, -0.2) is 4.59 Å². The van der Waals surface area contributed by atoms with E-state index in [0.717, 1.165) is 4.59 Å². The van der Waals surface area contributed by atoms with Gasteiger partial charge >= 0.3 is 0 Å². The fraction of sp³-hybridized carbons (Fsp3) is 1.00. The van der Waals surface area contributed by atoms with Gasteiger partial charge in [0.15, 0.2) is 0 Å². The molecule has 0 heterocycles. The van der Waals surface area contributed by atoms with Crippen LogP contribution in [0.4, 0.5) is 0 Å². The average Bonchev–Trinajstić information content (AvgIpc) is 2.55. The van der Waals surface area contributed by atoms with Crippen molar-refractivity contribution in [1.29, 1.82) is 0 Å². The van der Waals surface area contributed by atoms with Crippen molar-refractivity contribution in [1.82, 2.24) is 5.43 Å². The molecule has 0 saturated heterocycles. The highest BCUT2D eigenvalue weighted by Crippen LogP contribution is 2.13. The molecule has 0 amide bonds. The van der Waals surface area contributed by atoms with Gasteiger partial charge in [-0.3, -0.25) is 0 Å². The van der Waals surface area contributed by atoms with Crippen molar-refractivity contribution in [3.63, 3.8) is 0 Å². The zero-order valence-electron chi connectivity index (χ0n) is 17.0. The topological polar surface area (TPSA) is 12.0 Å². The van der Waals surface area contributed by atoms with E-state index < -0.39 is 0 Å². The predicted molar refractivity (Wildman–Crippen MR) is 106 cm³/mol. The van der Waals surface area contributed by atoms with Crippen LogP contribution in [0.25, 0.3) is 0 Å². The summed E-state index contributed by atoms with van der Waals surface area (Å²) in [5, 5.41) is 0. The van der Waals surface area contributed by atoms with Crippen LogP contribution in [0, 0.1) is 0 Å². The van der Waals surface area contributed by atoms with Crippen molar-refractivity contribution in [2.75, 3.05) is 27.2 Å². The van der Waals surface area contributed by atoms with Gasteiger partial charge in [-0.05, 0) is 19.3 Å². The van der Waals surface area contributed by atoms with E-state index in [1.165, 1.54) is 109 Å². The van der Waals surface area contributed by atoms with Crippen LogP contribution in [0.5, 0.6) is 0 Å². The van der Waals surface area contributed by atoms with Crippen molar-refractivity contribution in [3.05, 3.63) is 0 Å².